The van der Waals surface area contributed by atoms with Crippen molar-refractivity contribution >= 4 is 12.0 Å². The third kappa shape index (κ3) is 4.65. The largest absolute Gasteiger partial charge is 0.493 e. The standard InChI is InChI=1S/C20H18F3NO2/c21-20(22,23)17-8-5-14(6-9-17)7-10-19(25)24-12-15-11-16-3-1-2-4-18(16)26-13-15/h1-10,15H,11-13H2,(H,24,25)/b10-7+. The van der Waals surface area contributed by atoms with Crippen LogP contribution >= 0.6 is 0 Å². The summed E-state index contributed by atoms with van der Waals surface area (Å²) in [6.45, 7) is 1.02. The minimum atomic E-state index is -4.36. The highest BCUT2D eigenvalue weighted by molar-refractivity contribution is 5.91. The van der Waals surface area contributed by atoms with Gasteiger partial charge in [0, 0.05) is 18.5 Å². The Hall–Kier alpha value is -2.76. The predicted octanol–water partition coefficient (Wildman–Crippen LogP) is 4.09. The number of carbonyl (C=O) groups excluding carboxylic acids is 1. The summed E-state index contributed by atoms with van der Waals surface area (Å²) in [5, 5.41) is 2.80. The summed E-state index contributed by atoms with van der Waals surface area (Å²) in [7, 11) is 0. The lowest BCUT2D eigenvalue weighted by Gasteiger charge is -2.25. The zero-order chi connectivity index (χ0) is 18.6. The minimum absolute atomic E-state index is 0.188. The van der Waals surface area contributed by atoms with E-state index in [1.807, 2.05) is 24.3 Å². The van der Waals surface area contributed by atoms with Crippen LogP contribution in [0.4, 0.5) is 13.2 Å². The molecular formula is C20H18F3NO2. The van der Waals surface area contributed by atoms with Crippen LogP contribution in [0.5, 0.6) is 5.75 Å². The second kappa shape index (κ2) is 7.64. The molecule has 0 saturated carbocycles. The Balaban J connectivity index is 1.49. The Morgan fingerprint density at radius 1 is 1.15 bits per heavy atom. The van der Waals surface area contributed by atoms with Gasteiger partial charge in [0.15, 0.2) is 0 Å². The molecule has 2 aromatic rings. The Bertz CT molecular complexity index is 797. The number of alkyl halides is 3. The van der Waals surface area contributed by atoms with Gasteiger partial charge in [-0.25, -0.2) is 0 Å². The number of amides is 1. The fraction of sp³-hybridized carbons (Fsp3) is 0.250. The highest BCUT2D eigenvalue weighted by Gasteiger charge is 2.29. The van der Waals surface area contributed by atoms with Crippen molar-refractivity contribution in [2.24, 2.45) is 5.92 Å². The average Bonchev–Trinajstić information content (AvgIpc) is 2.64. The van der Waals surface area contributed by atoms with Crippen molar-refractivity contribution in [2.75, 3.05) is 13.2 Å². The number of fused-ring (bicyclic) bond motifs is 1. The number of rotatable bonds is 4. The van der Waals surface area contributed by atoms with E-state index in [2.05, 4.69) is 5.32 Å². The maximum atomic E-state index is 12.5. The van der Waals surface area contributed by atoms with Crippen LogP contribution in [-0.4, -0.2) is 19.1 Å². The van der Waals surface area contributed by atoms with E-state index in [-0.39, 0.29) is 11.8 Å². The van der Waals surface area contributed by atoms with Gasteiger partial charge in [-0.1, -0.05) is 30.3 Å². The van der Waals surface area contributed by atoms with Crippen molar-refractivity contribution in [3.05, 3.63) is 71.3 Å². The number of ether oxygens (including phenoxy) is 1. The number of nitrogens with one attached hydrogen (secondary N) is 1. The first kappa shape index (κ1) is 18.0. The molecule has 1 aliphatic rings. The van der Waals surface area contributed by atoms with Crippen molar-refractivity contribution < 1.29 is 22.7 Å². The second-order valence-corrected chi connectivity index (χ2v) is 6.19. The van der Waals surface area contributed by atoms with Crippen molar-refractivity contribution in [3.8, 4) is 5.75 Å². The van der Waals surface area contributed by atoms with E-state index in [0.717, 1.165) is 29.9 Å². The Morgan fingerprint density at radius 3 is 2.62 bits per heavy atom. The molecule has 0 bridgehead atoms. The van der Waals surface area contributed by atoms with Crippen LogP contribution in [0.3, 0.4) is 0 Å². The molecule has 0 saturated heterocycles. The van der Waals surface area contributed by atoms with E-state index in [1.165, 1.54) is 24.3 Å². The van der Waals surface area contributed by atoms with Crippen LogP contribution < -0.4 is 10.1 Å². The zero-order valence-electron chi connectivity index (χ0n) is 13.9. The highest BCUT2D eigenvalue weighted by Crippen LogP contribution is 2.29. The molecule has 0 spiro atoms. The molecule has 2 aromatic carbocycles. The number of benzene rings is 2. The van der Waals surface area contributed by atoms with Gasteiger partial charge in [-0.2, -0.15) is 13.2 Å². The third-order valence-corrected chi connectivity index (χ3v) is 4.19. The summed E-state index contributed by atoms with van der Waals surface area (Å²) < 4.78 is 43.2. The normalized spacial score (nSPS) is 16.8. The first-order valence-electron chi connectivity index (χ1n) is 8.26. The molecule has 136 valence electrons. The first-order chi connectivity index (χ1) is 12.4. The Kier molecular flexibility index (Phi) is 5.30. The summed E-state index contributed by atoms with van der Waals surface area (Å²) in [5.41, 5.74) is 0.943. The number of halogens is 3. The minimum Gasteiger partial charge on any atom is -0.493 e. The molecule has 0 aromatic heterocycles. The van der Waals surface area contributed by atoms with E-state index in [1.54, 1.807) is 0 Å². The van der Waals surface area contributed by atoms with Crippen molar-refractivity contribution in [3.63, 3.8) is 0 Å². The van der Waals surface area contributed by atoms with Crippen LogP contribution in [-0.2, 0) is 17.4 Å². The monoisotopic (exact) mass is 361 g/mol. The highest BCUT2D eigenvalue weighted by atomic mass is 19.4. The molecule has 1 aliphatic heterocycles. The molecule has 3 nitrogen and oxygen atoms in total. The van der Waals surface area contributed by atoms with Crippen LogP contribution in [0.15, 0.2) is 54.6 Å². The summed E-state index contributed by atoms with van der Waals surface area (Å²) in [5.74, 6) is 0.786. The lowest BCUT2D eigenvalue weighted by atomic mass is 9.97. The number of hydrogen-bond acceptors (Lipinski definition) is 2. The van der Waals surface area contributed by atoms with Gasteiger partial charge in [0.05, 0.1) is 12.2 Å². The molecular weight excluding hydrogens is 343 g/mol. The maximum absolute atomic E-state index is 12.5. The van der Waals surface area contributed by atoms with Crippen LogP contribution in [0.25, 0.3) is 6.08 Å². The molecule has 1 atom stereocenters. The zero-order valence-corrected chi connectivity index (χ0v) is 13.9. The SMILES string of the molecule is O=C(/C=C/c1ccc(C(F)(F)F)cc1)NCC1COc2ccccc2C1. The molecule has 0 aliphatic carbocycles. The molecule has 6 heteroatoms. The molecule has 0 radical (unpaired) electrons. The van der Waals surface area contributed by atoms with Crippen molar-refractivity contribution in [1.82, 2.24) is 5.32 Å². The van der Waals surface area contributed by atoms with Gasteiger partial charge in [0.25, 0.3) is 0 Å². The Morgan fingerprint density at radius 2 is 1.88 bits per heavy atom. The molecule has 1 amide bonds. The van der Waals surface area contributed by atoms with E-state index in [0.29, 0.717) is 18.7 Å². The third-order valence-electron chi connectivity index (χ3n) is 4.19. The number of carbonyl (C=O) groups is 1. The van der Waals surface area contributed by atoms with Gasteiger partial charge in [-0.3, -0.25) is 4.79 Å². The molecule has 1 heterocycles. The smallest absolute Gasteiger partial charge is 0.416 e. The van der Waals surface area contributed by atoms with Crippen LogP contribution in [0.1, 0.15) is 16.7 Å². The van der Waals surface area contributed by atoms with Crippen molar-refractivity contribution in [2.45, 2.75) is 12.6 Å². The van der Waals surface area contributed by atoms with E-state index < -0.39 is 11.7 Å². The van der Waals surface area contributed by atoms with Gasteiger partial charge in [-0.05, 0) is 41.8 Å². The van der Waals surface area contributed by atoms with Crippen molar-refractivity contribution in [1.29, 1.82) is 0 Å². The number of para-hydroxylation sites is 1. The van der Waals surface area contributed by atoms with Gasteiger partial charge < -0.3 is 10.1 Å². The summed E-state index contributed by atoms with van der Waals surface area (Å²) in [6.07, 6.45) is -0.720. The summed E-state index contributed by atoms with van der Waals surface area (Å²) in [4.78, 5) is 11.9. The van der Waals surface area contributed by atoms with E-state index >= 15 is 0 Å². The van der Waals surface area contributed by atoms with Gasteiger partial charge >= 0.3 is 6.18 Å². The van der Waals surface area contributed by atoms with Gasteiger partial charge in [0.2, 0.25) is 5.91 Å². The average molecular weight is 361 g/mol. The van der Waals surface area contributed by atoms with E-state index in [4.69, 9.17) is 4.74 Å². The van der Waals surface area contributed by atoms with E-state index in [9.17, 15) is 18.0 Å². The molecule has 1 N–H and O–H groups in total. The van der Waals surface area contributed by atoms with Gasteiger partial charge in [-0.15, -0.1) is 0 Å². The summed E-state index contributed by atoms with van der Waals surface area (Å²) >= 11 is 0. The topological polar surface area (TPSA) is 38.3 Å². The fourth-order valence-electron chi connectivity index (χ4n) is 2.78. The quantitative estimate of drug-likeness (QED) is 0.833. The lowest BCUT2D eigenvalue weighted by Crippen LogP contribution is -2.33. The molecule has 1 unspecified atom stereocenters. The maximum Gasteiger partial charge on any atom is 0.416 e. The van der Waals surface area contributed by atoms with Gasteiger partial charge in [0.1, 0.15) is 5.75 Å². The first-order valence-corrected chi connectivity index (χ1v) is 8.26. The fourth-order valence-corrected chi connectivity index (χ4v) is 2.78. The molecule has 0 fully saturated rings. The van der Waals surface area contributed by atoms with Crippen LogP contribution in [0.2, 0.25) is 0 Å². The van der Waals surface area contributed by atoms with Crippen LogP contribution in [0, 0.1) is 5.92 Å². The molecule has 3 rings (SSSR count). The Labute approximate surface area is 149 Å². The predicted molar refractivity (Wildman–Crippen MR) is 92.6 cm³/mol. The lowest BCUT2D eigenvalue weighted by molar-refractivity contribution is -0.137. The summed E-state index contributed by atoms with van der Waals surface area (Å²) in [6, 6.07) is 12.5. The number of hydrogen-bond donors (Lipinski definition) is 1. The second-order valence-electron chi connectivity index (χ2n) is 6.19. The molecule has 26 heavy (non-hydrogen) atoms.